The lowest BCUT2D eigenvalue weighted by molar-refractivity contribution is -0.137. The number of hydrogen-bond acceptors (Lipinski definition) is 3. The molecule has 3 rings (SSSR count). The maximum atomic E-state index is 13.0. The van der Waals surface area contributed by atoms with Gasteiger partial charge in [-0.05, 0) is 6.07 Å². The van der Waals surface area contributed by atoms with Crippen LogP contribution in [0.2, 0.25) is 0 Å². The van der Waals surface area contributed by atoms with Crippen LogP contribution >= 0.6 is 0 Å². The van der Waals surface area contributed by atoms with E-state index < -0.39 is 11.7 Å². The summed E-state index contributed by atoms with van der Waals surface area (Å²) in [4.78, 5) is 10.1. The molecule has 0 amide bonds. The van der Waals surface area contributed by atoms with E-state index in [1.54, 1.807) is 24.3 Å². The summed E-state index contributed by atoms with van der Waals surface area (Å²) >= 11 is 0. The third kappa shape index (κ3) is 1.97. The van der Waals surface area contributed by atoms with E-state index in [2.05, 4.69) is 15.0 Å². The summed E-state index contributed by atoms with van der Waals surface area (Å²) in [6, 6.07) is 7.04. The van der Waals surface area contributed by atoms with Crippen LogP contribution in [-0.4, -0.2) is 15.0 Å². The Morgan fingerprint density at radius 2 is 1.90 bits per heavy atom. The molecular weight excluding hydrogens is 269 g/mol. The molecule has 0 saturated carbocycles. The van der Waals surface area contributed by atoms with Crippen molar-refractivity contribution in [3.8, 4) is 11.3 Å². The molecule has 20 heavy (non-hydrogen) atoms. The normalized spacial score (nSPS) is 11.9. The van der Waals surface area contributed by atoms with Gasteiger partial charge in [0.05, 0.1) is 5.69 Å². The molecule has 1 aromatic carbocycles. The van der Waals surface area contributed by atoms with E-state index in [0.717, 1.165) is 5.52 Å². The summed E-state index contributed by atoms with van der Waals surface area (Å²) in [5, 5.41) is 0.649. The van der Waals surface area contributed by atoms with E-state index in [4.69, 9.17) is 5.73 Å². The van der Waals surface area contributed by atoms with Crippen molar-refractivity contribution in [2.45, 2.75) is 6.18 Å². The number of hydrogen-bond donors (Lipinski definition) is 2. The molecule has 0 radical (unpaired) electrons. The topological polar surface area (TPSA) is 67.6 Å². The van der Waals surface area contributed by atoms with Gasteiger partial charge < -0.3 is 10.7 Å². The van der Waals surface area contributed by atoms with Crippen molar-refractivity contribution in [3.05, 3.63) is 42.2 Å². The van der Waals surface area contributed by atoms with Crippen molar-refractivity contribution < 1.29 is 13.2 Å². The molecule has 0 bridgehead atoms. The van der Waals surface area contributed by atoms with Crippen LogP contribution in [0.5, 0.6) is 0 Å². The molecule has 0 unspecified atom stereocenters. The van der Waals surface area contributed by atoms with Crippen LogP contribution in [-0.2, 0) is 6.18 Å². The first-order valence-corrected chi connectivity index (χ1v) is 5.73. The third-order valence-electron chi connectivity index (χ3n) is 2.96. The maximum Gasteiger partial charge on any atom is 0.419 e. The van der Waals surface area contributed by atoms with E-state index in [9.17, 15) is 13.2 Å². The Morgan fingerprint density at radius 3 is 2.65 bits per heavy atom. The SMILES string of the molecule is Nc1ncc(C(F)(F)F)c(-c2c[nH]c3ccccc23)n1. The fourth-order valence-corrected chi connectivity index (χ4v) is 2.08. The van der Waals surface area contributed by atoms with Crippen molar-refractivity contribution in [1.29, 1.82) is 0 Å². The molecule has 0 saturated heterocycles. The van der Waals surface area contributed by atoms with Gasteiger partial charge >= 0.3 is 6.18 Å². The Balaban J connectivity index is 2.31. The summed E-state index contributed by atoms with van der Waals surface area (Å²) in [7, 11) is 0. The number of nitrogen functional groups attached to an aromatic ring is 1. The van der Waals surface area contributed by atoms with Crippen LogP contribution < -0.4 is 5.73 Å². The molecule has 2 aromatic heterocycles. The molecule has 0 fully saturated rings. The van der Waals surface area contributed by atoms with Gasteiger partial charge in [0.1, 0.15) is 5.56 Å². The number of benzene rings is 1. The average molecular weight is 278 g/mol. The van der Waals surface area contributed by atoms with Crippen LogP contribution in [0.4, 0.5) is 19.1 Å². The molecule has 4 nitrogen and oxygen atoms in total. The van der Waals surface area contributed by atoms with Gasteiger partial charge in [0.25, 0.3) is 0 Å². The molecule has 3 N–H and O–H groups in total. The van der Waals surface area contributed by atoms with E-state index in [1.807, 2.05) is 0 Å². The molecule has 0 aliphatic heterocycles. The van der Waals surface area contributed by atoms with Crippen LogP contribution in [0.15, 0.2) is 36.7 Å². The number of para-hydroxylation sites is 1. The van der Waals surface area contributed by atoms with Crippen molar-refractivity contribution in [2.24, 2.45) is 0 Å². The number of nitrogens with one attached hydrogen (secondary N) is 1. The second-order valence-corrected chi connectivity index (χ2v) is 4.24. The number of rotatable bonds is 1. The van der Waals surface area contributed by atoms with E-state index in [1.165, 1.54) is 6.20 Å². The highest BCUT2D eigenvalue weighted by molar-refractivity contribution is 5.95. The zero-order valence-corrected chi connectivity index (χ0v) is 10.1. The number of alkyl halides is 3. The van der Waals surface area contributed by atoms with Gasteiger partial charge in [-0.15, -0.1) is 0 Å². The number of H-pyrrole nitrogens is 1. The van der Waals surface area contributed by atoms with E-state index in [-0.39, 0.29) is 11.6 Å². The van der Waals surface area contributed by atoms with Crippen LogP contribution in [0.3, 0.4) is 0 Å². The zero-order valence-electron chi connectivity index (χ0n) is 10.1. The standard InChI is InChI=1S/C13H9F3N4/c14-13(15,16)9-6-19-12(17)20-11(9)8-5-18-10-4-2-1-3-7(8)10/h1-6,18H,(H2,17,19,20). The van der Waals surface area contributed by atoms with Crippen molar-refractivity contribution in [1.82, 2.24) is 15.0 Å². The number of fused-ring (bicyclic) bond motifs is 1. The minimum Gasteiger partial charge on any atom is -0.368 e. The highest BCUT2D eigenvalue weighted by Gasteiger charge is 2.35. The lowest BCUT2D eigenvalue weighted by Gasteiger charge is -2.11. The van der Waals surface area contributed by atoms with Gasteiger partial charge in [-0.3, -0.25) is 0 Å². The zero-order chi connectivity index (χ0) is 14.3. The van der Waals surface area contributed by atoms with E-state index in [0.29, 0.717) is 17.1 Å². The van der Waals surface area contributed by atoms with Gasteiger partial charge in [-0.1, -0.05) is 18.2 Å². The van der Waals surface area contributed by atoms with Crippen LogP contribution in [0, 0.1) is 0 Å². The lowest BCUT2D eigenvalue weighted by atomic mass is 10.1. The summed E-state index contributed by atoms with van der Waals surface area (Å²) in [6.45, 7) is 0. The van der Waals surface area contributed by atoms with Crippen LogP contribution in [0.1, 0.15) is 5.56 Å². The molecule has 7 heteroatoms. The predicted octanol–water partition coefficient (Wildman–Crippen LogP) is 3.23. The van der Waals surface area contributed by atoms with Crippen molar-refractivity contribution in [3.63, 3.8) is 0 Å². The first-order valence-electron chi connectivity index (χ1n) is 5.73. The monoisotopic (exact) mass is 278 g/mol. The molecule has 102 valence electrons. The number of aromatic amines is 1. The van der Waals surface area contributed by atoms with Gasteiger partial charge in [0, 0.05) is 28.9 Å². The molecular formula is C13H9F3N4. The fraction of sp³-hybridized carbons (Fsp3) is 0.0769. The van der Waals surface area contributed by atoms with Gasteiger partial charge in [-0.25, -0.2) is 9.97 Å². The summed E-state index contributed by atoms with van der Waals surface area (Å²) in [5.41, 5.74) is 5.37. The minimum atomic E-state index is -4.54. The molecule has 0 aliphatic carbocycles. The third-order valence-corrected chi connectivity index (χ3v) is 2.96. The summed E-state index contributed by atoms with van der Waals surface area (Å²) in [5.74, 6) is -0.196. The van der Waals surface area contributed by atoms with Gasteiger partial charge in [0.2, 0.25) is 5.95 Å². The average Bonchev–Trinajstić information content (AvgIpc) is 2.80. The highest BCUT2D eigenvalue weighted by atomic mass is 19.4. The Labute approximate surface area is 111 Å². The number of nitrogens with zero attached hydrogens (tertiary/aromatic N) is 2. The Bertz CT molecular complexity index is 777. The number of halogens is 3. The molecule has 0 spiro atoms. The van der Waals surface area contributed by atoms with Crippen molar-refractivity contribution in [2.75, 3.05) is 5.73 Å². The Morgan fingerprint density at radius 1 is 1.15 bits per heavy atom. The first kappa shape index (κ1) is 12.5. The van der Waals surface area contributed by atoms with Gasteiger partial charge in [-0.2, -0.15) is 13.2 Å². The highest BCUT2D eigenvalue weighted by Crippen LogP contribution is 2.38. The first-order chi connectivity index (χ1) is 9.47. The predicted molar refractivity (Wildman–Crippen MR) is 68.7 cm³/mol. The quantitative estimate of drug-likeness (QED) is 0.718. The molecule has 2 heterocycles. The Kier molecular flexibility index (Phi) is 2.63. The number of nitrogens with two attached hydrogens (primary N) is 1. The molecule has 0 atom stereocenters. The largest absolute Gasteiger partial charge is 0.419 e. The second kappa shape index (κ2) is 4.22. The smallest absolute Gasteiger partial charge is 0.368 e. The Hall–Kier alpha value is -2.57. The fourth-order valence-electron chi connectivity index (χ4n) is 2.08. The van der Waals surface area contributed by atoms with Gasteiger partial charge in [0.15, 0.2) is 0 Å². The summed E-state index contributed by atoms with van der Waals surface area (Å²) in [6.07, 6.45) is -2.34. The van der Waals surface area contributed by atoms with Crippen molar-refractivity contribution >= 4 is 16.9 Å². The minimum absolute atomic E-state index is 0.196. The van der Waals surface area contributed by atoms with Crippen LogP contribution in [0.25, 0.3) is 22.2 Å². The maximum absolute atomic E-state index is 13.0. The number of anilines is 1. The summed E-state index contributed by atoms with van der Waals surface area (Å²) < 4.78 is 39.1. The molecule has 0 aliphatic rings. The lowest BCUT2D eigenvalue weighted by Crippen LogP contribution is -2.10. The molecule has 3 aromatic rings. The number of aromatic nitrogens is 3. The van der Waals surface area contributed by atoms with E-state index >= 15 is 0 Å². The second-order valence-electron chi connectivity index (χ2n) is 4.24.